The topological polar surface area (TPSA) is 9.23 Å². The van der Waals surface area contributed by atoms with E-state index in [1.807, 2.05) is 0 Å². The number of rotatable bonds is 6. The molecule has 0 fully saturated rings. The normalized spacial score (nSPS) is 10.7. The minimum absolute atomic E-state index is 0.859. The molecule has 4 aromatic rings. The Hall–Kier alpha value is -3.32. The Balaban J connectivity index is 1.66. The van der Waals surface area contributed by atoms with E-state index in [0.717, 1.165) is 24.3 Å². The van der Waals surface area contributed by atoms with E-state index in [0.29, 0.717) is 0 Å². The van der Waals surface area contributed by atoms with Gasteiger partial charge in [0.25, 0.3) is 0 Å². The number of benzene rings is 4. The summed E-state index contributed by atoms with van der Waals surface area (Å²) in [4.78, 5) is 0. The SMILES string of the molecule is Cc1ccc(Oc2ccc(C)cc2Cc2ccccc2)c(Cc2ccccc2)c1. The van der Waals surface area contributed by atoms with Crippen molar-refractivity contribution in [1.29, 1.82) is 0 Å². The fraction of sp³-hybridized carbons (Fsp3) is 0.143. The highest BCUT2D eigenvalue weighted by molar-refractivity contribution is 5.47. The van der Waals surface area contributed by atoms with Crippen LogP contribution in [-0.4, -0.2) is 0 Å². The molecule has 29 heavy (non-hydrogen) atoms. The Morgan fingerprint density at radius 2 is 0.931 bits per heavy atom. The molecule has 0 saturated heterocycles. The summed E-state index contributed by atoms with van der Waals surface area (Å²) >= 11 is 0. The lowest BCUT2D eigenvalue weighted by atomic mass is 10.0. The Morgan fingerprint density at radius 1 is 0.517 bits per heavy atom. The molecule has 4 rings (SSSR count). The zero-order chi connectivity index (χ0) is 20.1. The average Bonchev–Trinajstić information content (AvgIpc) is 2.73. The molecule has 0 spiro atoms. The summed E-state index contributed by atoms with van der Waals surface area (Å²) in [5.41, 5.74) is 7.49. The Morgan fingerprint density at radius 3 is 1.34 bits per heavy atom. The van der Waals surface area contributed by atoms with Crippen molar-refractivity contribution in [3.63, 3.8) is 0 Å². The molecule has 0 aliphatic heterocycles. The van der Waals surface area contributed by atoms with E-state index >= 15 is 0 Å². The van der Waals surface area contributed by atoms with Crippen LogP contribution in [0.25, 0.3) is 0 Å². The van der Waals surface area contributed by atoms with Crippen LogP contribution in [0.4, 0.5) is 0 Å². The Kier molecular flexibility index (Phi) is 5.76. The molecule has 0 aromatic heterocycles. The highest BCUT2D eigenvalue weighted by Crippen LogP contribution is 2.32. The maximum atomic E-state index is 6.50. The minimum Gasteiger partial charge on any atom is -0.457 e. The first-order chi connectivity index (χ1) is 14.2. The first-order valence-electron chi connectivity index (χ1n) is 10.1. The second-order valence-corrected chi connectivity index (χ2v) is 7.65. The monoisotopic (exact) mass is 378 g/mol. The third-order valence-electron chi connectivity index (χ3n) is 5.13. The van der Waals surface area contributed by atoms with Crippen LogP contribution in [-0.2, 0) is 12.8 Å². The number of hydrogen-bond acceptors (Lipinski definition) is 1. The van der Waals surface area contributed by atoms with Gasteiger partial charge in [-0.1, -0.05) is 96.1 Å². The smallest absolute Gasteiger partial charge is 0.130 e. The van der Waals surface area contributed by atoms with Gasteiger partial charge in [0.1, 0.15) is 11.5 Å². The van der Waals surface area contributed by atoms with E-state index in [1.54, 1.807) is 0 Å². The van der Waals surface area contributed by atoms with E-state index < -0.39 is 0 Å². The molecule has 1 nitrogen and oxygen atoms in total. The maximum Gasteiger partial charge on any atom is 0.130 e. The molecule has 0 heterocycles. The molecular weight excluding hydrogens is 352 g/mol. The fourth-order valence-corrected chi connectivity index (χ4v) is 3.64. The molecule has 0 unspecified atom stereocenters. The van der Waals surface area contributed by atoms with Crippen molar-refractivity contribution in [3.05, 3.63) is 130 Å². The molecule has 4 aromatic carbocycles. The highest BCUT2D eigenvalue weighted by atomic mass is 16.5. The Bertz CT molecular complexity index is 993. The number of hydrogen-bond donors (Lipinski definition) is 0. The van der Waals surface area contributed by atoms with Crippen LogP contribution in [0.1, 0.15) is 33.4 Å². The standard InChI is InChI=1S/C28H26O/c1-21-13-15-27(25(17-21)19-23-9-5-3-6-10-23)29-28-16-14-22(2)18-26(28)20-24-11-7-4-8-12-24/h3-18H,19-20H2,1-2H3. The Labute approximate surface area is 173 Å². The largest absolute Gasteiger partial charge is 0.457 e. The van der Waals surface area contributed by atoms with Gasteiger partial charge < -0.3 is 4.74 Å². The van der Waals surface area contributed by atoms with Gasteiger partial charge >= 0.3 is 0 Å². The molecule has 0 aliphatic carbocycles. The predicted octanol–water partition coefficient (Wildman–Crippen LogP) is 7.28. The molecule has 1 heteroatoms. The summed E-state index contributed by atoms with van der Waals surface area (Å²) in [6, 6.07) is 34.0. The van der Waals surface area contributed by atoms with Crippen LogP contribution in [0.2, 0.25) is 0 Å². The van der Waals surface area contributed by atoms with Crippen molar-refractivity contribution in [2.45, 2.75) is 26.7 Å². The summed E-state index contributed by atoms with van der Waals surface area (Å²) in [5, 5.41) is 0. The summed E-state index contributed by atoms with van der Waals surface area (Å²) in [5.74, 6) is 1.86. The first kappa shape index (κ1) is 19.0. The molecule has 0 amide bonds. The van der Waals surface area contributed by atoms with Crippen molar-refractivity contribution < 1.29 is 4.74 Å². The van der Waals surface area contributed by atoms with Gasteiger partial charge in [0.15, 0.2) is 0 Å². The highest BCUT2D eigenvalue weighted by Gasteiger charge is 2.11. The second-order valence-electron chi connectivity index (χ2n) is 7.65. The van der Waals surface area contributed by atoms with Gasteiger partial charge in [-0.25, -0.2) is 0 Å². The first-order valence-corrected chi connectivity index (χ1v) is 10.1. The van der Waals surface area contributed by atoms with Crippen LogP contribution in [0.5, 0.6) is 11.5 Å². The summed E-state index contributed by atoms with van der Waals surface area (Å²) in [7, 11) is 0. The van der Waals surface area contributed by atoms with E-state index in [2.05, 4.69) is 111 Å². The van der Waals surface area contributed by atoms with Gasteiger partial charge in [-0.15, -0.1) is 0 Å². The van der Waals surface area contributed by atoms with E-state index in [9.17, 15) is 0 Å². The average molecular weight is 379 g/mol. The molecular formula is C28H26O. The van der Waals surface area contributed by atoms with Gasteiger partial charge in [0, 0.05) is 12.8 Å². The molecule has 0 N–H and O–H groups in total. The molecule has 0 aliphatic rings. The van der Waals surface area contributed by atoms with Crippen molar-refractivity contribution in [2.24, 2.45) is 0 Å². The molecule has 144 valence electrons. The summed E-state index contributed by atoms with van der Waals surface area (Å²) < 4.78 is 6.50. The van der Waals surface area contributed by atoms with Crippen molar-refractivity contribution in [1.82, 2.24) is 0 Å². The number of ether oxygens (including phenoxy) is 1. The third-order valence-corrected chi connectivity index (χ3v) is 5.13. The van der Waals surface area contributed by atoms with Crippen molar-refractivity contribution >= 4 is 0 Å². The quantitative estimate of drug-likeness (QED) is 0.342. The maximum absolute atomic E-state index is 6.50. The minimum atomic E-state index is 0.859. The molecule has 0 saturated carbocycles. The van der Waals surface area contributed by atoms with Gasteiger partial charge in [-0.3, -0.25) is 0 Å². The lowest BCUT2D eigenvalue weighted by Crippen LogP contribution is -1.98. The zero-order valence-corrected chi connectivity index (χ0v) is 17.1. The molecule has 0 radical (unpaired) electrons. The van der Waals surface area contributed by atoms with Gasteiger partial charge in [0.2, 0.25) is 0 Å². The lowest BCUT2D eigenvalue weighted by Gasteiger charge is -2.16. The zero-order valence-electron chi connectivity index (χ0n) is 17.1. The van der Waals surface area contributed by atoms with Crippen LogP contribution in [0.15, 0.2) is 97.1 Å². The molecule has 0 bridgehead atoms. The van der Waals surface area contributed by atoms with Crippen LogP contribution < -0.4 is 4.74 Å². The summed E-state index contributed by atoms with van der Waals surface area (Å²) in [6.07, 6.45) is 1.72. The molecule has 0 atom stereocenters. The van der Waals surface area contributed by atoms with Crippen molar-refractivity contribution in [3.8, 4) is 11.5 Å². The second kappa shape index (κ2) is 8.79. The van der Waals surface area contributed by atoms with Crippen LogP contribution >= 0.6 is 0 Å². The fourth-order valence-electron chi connectivity index (χ4n) is 3.64. The summed E-state index contributed by atoms with van der Waals surface area (Å²) in [6.45, 7) is 4.26. The van der Waals surface area contributed by atoms with Crippen LogP contribution in [0.3, 0.4) is 0 Å². The van der Waals surface area contributed by atoms with Crippen LogP contribution in [0, 0.1) is 13.8 Å². The van der Waals surface area contributed by atoms with E-state index in [4.69, 9.17) is 4.74 Å². The third kappa shape index (κ3) is 4.94. The van der Waals surface area contributed by atoms with Gasteiger partial charge in [-0.2, -0.15) is 0 Å². The number of aryl methyl sites for hydroxylation is 2. The van der Waals surface area contributed by atoms with Gasteiger partial charge in [-0.05, 0) is 48.2 Å². The lowest BCUT2D eigenvalue weighted by molar-refractivity contribution is 0.472. The van der Waals surface area contributed by atoms with E-state index in [-0.39, 0.29) is 0 Å². The van der Waals surface area contributed by atoms with Gasteiger partial charge in [0.05, 0.1) is 0 Å². The van der Waals surface area contributed by atoms with E-state index in [1.165, 1.54) is 33.4 Å². The van der Waals surface area contributed by atoms with Crippen molar-refractivity contribution in [2.75, 3.05) is 0 Å². The predicted molar refractivity (Wildman–Crippen MR) is 121 cm³/mol.